The van der Waals surface area contributed by atoms with Gasteiger partial charge in [0.05, 0.1) is 18.1 Å². The van der Waals surface area contributed by atoms with E-state index in [4.69, 9.17) is 5.26 Å². The molecular formula is C13H10F6N2O. The molecule has 1 aromatic carbocycles. The van der Waals surface area contributed by atoms with Crippen LogP contribution < -0.4 is 0 Å². The van der Waals surface area contributed by atoms with Gasteiger partial charge < -0.3 is 4.90 Å². The van der Waals surface area contributed by atoms with Crippen LogP contribution in [-0.2, 0) is 6.18 Å². The van der Waals surface area contributed by atoms with Crippen LogP contribution in [0.15, 0.2) is 24.3 Å². The summed E-state index contributed by atoms with van der Waals surface area (Å²) in [4.78, 5) is 12.3. The number of amides is 1. The van der Waals surface area contributed by atoms with Gasteiger partial charge in [-0.3, -0.25) is 4.79 Å². The Labute approximate surface area is 121 Å². The number of rotatable bonds is 4. The van der Waals surface area contributed by atoms with Crippen molar-refractivity contribution < 1.29 is 31.1 Å². The highest BCUT2D eigenvalue weighted by atomic mass is 19.4. The van der Waals surface area contributed by atoms with E-state index in [-0.39, 0.29) is 6.42 Å². The second-order valence-corrected chi connectivity index (χ2v) is 4.33. The maximum atomic E-state index is 12.6. The van der Waals surface area contributed by atoms with Gasteiger partial charge in [0.2, 0.25) is 0 Å². The summed E-state index contributed by atoms with van der Waals surface area (Å²) in [5.41, 5.74) is -1.65. The van der Waals surface area contributed by atoms with Crippen molar-refractivity contribution >= 4 is 5.91 Å². The first kappa shape index (κ1) is 17.8. The van der Waals surface area contributed by atoms with Crippen LogP contribution in [0.2, 0.25) is 0 Å². The predicted molar refractivity (Wildman–Crippen MR) is 63.6 cm³/mol. The monoisotopic (exact) mass is 324 g/mol. The molecule has 1 rings (SSSR count). The molecule has 0 bridgehead atoms. The summed E-state index contributed by atoms with van der Waals surface area (Å²) in [7, 11) is 0. The van der Waals surface area contributed by atoms with Gasteiger partial charge in [0, 0.05) is 12.1 Å². The smallest absolute Gasteiger partial charge is 0.329 e. The Morgan fingerprint density at radius 1 is 1.18 bits per heavy atom. The van der Waals surface area contributed by atoms with Gasteiger partial charge in [0.25, 0.3) is 5.91 Å². The van der Waals surface area contributed by atoms with Gasteiger partial charge in [-0.15, -0.1) is 0 Å². The zero-order valence-electron chi connectivity index (χ0n) is 11.0. The first-order chi connectivity index (χ1) is 10.0. The van der Waals surface area contributed by atoms with Gasteiger partial charge in [-0.1, -0.05) is 6.07 Å². The van der Waals surface area contributed by atoms with E-state index in [1.165, 1.54) is 0 Å². The van der Waals surface area contributed by atoms with Crippen molar-refractivity contribution in [3.05, 3.63) is 35.4 Å². The van der Waals surface area contributed by atoms with Gasteiger partial charge in [0.15, 0.2) is 0 Å². The highest BCUT2D eigenvalue weighted by Gasteiger charge is 2.34. The number of nitriles is 1. The summed E-state index contributed by atoms with van der Waals surface area (Å²) in [5.74, 6) is -1.21. The zero-order chi connectivity index (χ0) is 17.0. The van der Waals surface area contributed by atoms with Gasteiger partial charge in [0.1, 0.15) is 6.54 Å². The summed E-state index contributed by atoms with van der Waals surface area (Å²) in [6.45, 7) is -2.16. The summed E-state index contributed by atoms with van der Waals surface area (Å²) >= 11 is 0. The van der Waals surface area contributed by atoms with E-state index < -0.39 is 42.5 Å². The molecule has 0 aromatic heterocycles. The van der Waals surface area contributed by atoms with E-state index in [9.17, 15) is 31.1 Å². The fraction of sp³-hybridized carbons (Fsp3) is 0.385. The Kier molecular flexibility index (Phi) is 5.41. The third kappa shape index (κ3) is 5.27. The van der Waals surface area contributed by atoms with Crippen LogP contribution >= 0.6 is 0 Å². The number of carbonyl (C=O) groups excluding carboxylic acids is 1. The molecule has 1 aromatic rings. The minimum Gasteiger partial charge on any atom is -0.329 e. The molecule has 9 heteroatoms. The Morgan fingerprint density at radius 2 is 1.82 bits per heavy atom. The highest BCUT2D eigenvalue weighted by Crippen LogP contribution is 2.30. The van der Waals surface area contributed by atoms with E-state index in [0.717, 1.165) is 12.1 Å². The van der Waals surface area contributed by atoms with Crippen molar-refractivity contribution in [2.24, 2.45) is 0 Å². The SMILES string of the molecule is N#CCCN(CC(F)(F)F)C(=O)c1cccc(C(F)(F)F)c1. The zero-order valence-corrected chi connectivity index (χ0v) is 11.0. The van der Waals surface area contributed by atoms with Crippen LogP contribution in [0.25, 0.3) is 0 Å². The van der Waals surface area contributed by atoms with E-state index >= 15 is 0 Å². The van der Waals surface area contributed by atoms with Gasteiger partial charge in [-0.05, 0) is 18.2 Å². The standard InChI is InChI=1S/C13H10F6N2O/c14-12(15,16)8-21(6-2-5-20)11(22)9-3-1-4-10(7-9)13(17,18)19/h1,3-4,7H,2,6,8H2. The molecule has 0 atom stereocenters. The lowest BCUT2D eigenvalue weighted by Gasteiger charge is -2.23. The Balaban J connectivity index is 3.06. The van der Waals surface area contributed by atoms with Crippen LogP contribution in [0.1, 0.15) is 22.3 Å². The highest BCUT2D eigenvalue weighted by molar-refractivity contribution is 5.94. The normalized spacial score (nSPS) is 11.9. The molecule has 22 heavy (non-hydrogen) atoms. The lowest BCUT2D eigenvalue weighted by Crippen LogP contribution is -2.39. The second-order valence-electron chi connectivity index (χ2n) is 4.33. The summed E-state index contributed by atoms with van der Waals surface area (Å²) in [6.07, 6.45) is -9.79. The van der Waals surface area contributed by atoms with Crippen LogP contribution in [0.4, 0.5) is 26.3 Å². The van der Waals surface area contributed by atoms with Crippen LogP contribution in [-0.4, -0.2) is 30.1 Å². The first-order valence-corrected chi connectivity index (χ1v) is 5.95. The predicted octanol–water partition coefficient (Wildman–Crippen LogP) is 3.62. The quantitative estimate of drug-likeness (QED) is 0.794. The maximum Gasteiger partial charge on any atom is 0.416 e. The van der Waals surface area contributed by atoms with Gasteiger partial charge >= 0.3 is 12.4 Å². The molecular weight excluding hydrogens is 314 g/mol. The number of nitrogens with zero attached hydrogens (tertiary/aromatic N) is 2. The number of carbonyl (C=O) groups is 1. The molecule has 0 N–H and O–H groups in total. The van der Waals surface area contributed by atoms with Crippen LogP contribution in [0.3, 0.4) is 0 Å². The molecule has 3 nitrogen and oxygen atoms in total. The molecule has 0 heterocycles. The fourth-order valence-electron chi connectivity index (χ4n) is 1.66. The Bertz CT molecular complexity index is 573. The number of alkyl halides is 6. The van der Waals surface area contributed by atoms with Crippen LogP contribution in [0, 0.1) is 11.3 Å². The van der Waals surface area contributed by atoms with Crippen molar-refractivity contribution in [2.45, 2.75) is 18.8 Å². The largest absolute Gasteiger partial charge is 0.416 e. The van der Waals surface area contributed by atoms with E-state index in [0.29, 0.717) is 17.0 Å². The van der Waals surface area contributed by atoms with Crippen LogP contribution in [0.5, 0.6) is 0 Å². The molecule has 1 amide bonds. The molecule has 0 unspecified atom stereocenters. The van der Waals surface area contributed by atoms with Crippen molar-refractivity contribution in [3.8, 4) is 6.07 Å². The summed E-state index contributed by atoms with van der Waals surface area (Å²) < 4.78 is 74.9. The molecule has 0 radical (unpaired) electrons. The van der Waals surface area contributed by atoms with Gasteiger partial charge in [-0.2, -0.15) is 31.6 Å². The van der Waals surface area contributed by atoms with E-state index in [1.54, 1.807) is 6.07 Å². The second kappa shape index (κ2) is 6.68. The number of hydrogen-bond acceptors (Lipinski definition) is 2. The topological polar surface area (TPSA) is 44.1 Å². The van der Waals surface area contributed by atoms with E-state index in [1.807, 2.05) is 0 Å². The third-order valence-electron chi connectivity index (χ3n) is 2.59. The third-order valence-corrected chi connectivity index (χ3v) is 2.59. The van der Waals surface area contributed by atoms with Crippen molar-refractivity contribution in [2.75, 3.05) is 13.1 Å². The lowest BCUT2D eigenvalue weighted by molar-refractivity contribution is -0.141. The molecule has 0 aliphatic carbocycles. The maximum absolute atomic E-state index is 12.6. The molecule has 0 aliphatic heterocycles. The van der Waals surface area contributed by atoms with Crippen molar-refractivity contribution in [1.29, 1.82) is 5.26 Å². The first-order valence-electron chi connectivity index (χ1n) is 5.95. The lowest BCUT2D eigenvalue weighted by atomic mass is 10.1. The number of hydrogen-bond donors (Lipinski definition) is 0. The molecule has 0 saturated carbocycles. The minimum absolute atomic E-state index is 0.304. The fourth-order valence-corrected chi connectivity index (χ4v) is 1.66. The molecule has 0 fully saturated rings. The average molecular weight is 324 g/mol. The van der Waals surface area contributed by atoms with E-state index in [2.05, 4.69) is 0 Å². The number of benzene rings is 1. The van der Waals surface area contributed by atoms with Crippen molar-refractivity contribution in [3.63, 3.8) is 0 Å². The molecule has 0 aliphatic rings. The Hall–Kier alpha value is -2.24. The molecule has 120 valence electrons. The number of halogens is 6. The average Bonchev–Trinajstić information content (AvgIpc) is 2.40. The molecule has 0 spiro atoms. The van der Waals surface area contributed by atoms with Crippen molar-refractivity contribution in [1.82, 2.24) is 4.90 Å². The van der Waals surface area contributed by atoms with Gasteiger partial charge in [-0.25, -0.2) is 0 Å². The minimum atomic E-state index is -4.72. The Morgan fingerprint density at radius 3 is 2.32 bits per heavy atom. The molecule has 0 saturated heterocycles. The summed E-state index contributed by atoms with van der Waals surface area (Å²) in [5, 5.41) is 8.40. The summed E-state index contributed by atoms with van der Waals surface area (Å²) in [6, 6.07) is 4.71.